The summed E-state index contributed by atoms with van der Waals surface area (Å²) in [6, 6.07) is 11.0. The second-order valence-electron chi connectivity index (χ2n) is 4.81. The summed E-state index contributed by atoms with van der Waals surface area (Å²) in [6.45, 7) is 0. The zero-order chi connectivity index (χ0) is 18.2. The van der Waals surface area contributed by atoms with Crippen LogP contribution >= 0.6 is 0 Å². The summed E-state index contributed by atoms with van der Waals surface area (Å²) in [5, 5.41) is 15.3. The Kier molecular flexibility index (Phi) is 5.94. The standard InChI is InChI=1S/C17H17N3O5/c1-24-13-7-8-15(25-2)14(9-13)19-16(22)17(23)20-18-10-11-3-5-12(21)6-4-11/h3-10,21H,1-2H3,(H,19,22)(H,20,23)/b18-10+. The minimum atomic E-state index is -0.945. The zero-order valence-corrected chi connectivity index (χ0v) is 13.6. The quantitative estimate of drug-likeness (QED) is 0.433. The lowest BCUT2D eigenvalue weighted by atomic mass is 10.2. The van der Waals surface area contributed by atoms with E-state index in [1.165, 1.54) is 38.6 Å². The average molecular weight is 343 g/mol. The third kappa shape index (κ3) is 4.96. The summed E-state index contributed by atoms with van der Waals surface area (Å²) in [7, 11) is 2.93. The predicted octanol–water partition coefficient (Wildman–Crippen LogP) is 1.50. The number of hydrogen-bond acceptors (Lipinski definition) is 6. The van der Waals surface area contributed by atoms with Gasteiger partial charge in [-0.2, -0.15) is 5.10 Å². The van der Waals surface area contributed by atoms with E-state index < -0.39 is 11.8 Å². The molecule has 0 saturated heterocycles. The van der Waals surface area contributed by atoms with Gasteiger partial charge in [0.05, 0.1) is 26.1 Å². The number of nitrogens with one attached hydrogen (secondary N) is 2. The molecule has 25 heavy (non-hydrogen) atoms. The lowest BCUT2D eigenvalue weighted by Gasteiger charge is -2.11. The average Bonchev–Trinajstić information content (AvgIpc) is 2.63. The summed E-state index contributed by atoms with van der Waals surface area (Å²) in [5.74, 6) is -0.849. The van der Waals surface area contributed by atoms with Crippen molar-refractivity contribution in [2.75, 3.05) is 19.5 Å². The van der Waals surface area contributed by atoms with E-state index in [0.29, 0.717) is 22.7 Å². The fourth-order valence-corrected chi connectivity index (χ4v) is 1.87. The smallest absolute Gasteiger partial charge is 0.329 e. The fourth-order valence-electron chi connectivity index (χ4n) is 1.87. The molecular weight excluding hydrogens is 326 g/mol. The predicted molar refractivity (Wildman–Crippen MR) is 92.0 cm³/mol. The topological polar surface area (TPSA) is 109 Å². The molecule has 0 fully saturated rings. The molecule has 2 amide bonds. The molecule has 2 aromatic carbocycles. The number of methoxy groups -OCH3 is 2. The Bertz CT molecular complexity index is 787. The first-order chi connectivity index (χ1) is 12.0. The van der Waals surface area contributed by atoms with Gasteiger partial charge in [0.25, 0.3) is 0 Å². The molecule has 0 aliphatic carbocycles. The monoisotopic (exact) mass is 343 g/mol. The first-order valence-electron chi connectivity index (χ1n) is 7.19. The third-order valence-electron chi connectivity index (χ3n) is 3.13. The summed E-state index contributed by atoms with van der Waals surface area (Å²) in [4.78, 5) is 23.7. The second kappa shape index (κ2) is 8.34. The van der Waals surface area contributed by atoms with Crippen LogP contribution < -0.4 is 20.2 Å². The number of nitrogens with zero attached hydrogens (tertiary/aromatic N) is 1. The minimum Gasteiger partial charge on any atom is -0.508 e. The normalized spacial score (nSPS) is 10.3. The highest BCUT2D eigenvalue weighted by Gasteiger charge is 2.16. The van der Waals surface area contributed by atoms with Gasteiger partial charge in [-0.3, -0.25) is 9.59 Å². The second-order valence-corrected chi connectivity index (χ2v) is 4.81. The van der Waals surface area contributed by atoms with Crippen LogP contribution in [0.3, 0.4) is 0 Å². The van der Waals surface area contributed by atoms with Gasteiger partial charge in [0.15, 0.2) is 0 Å². The molecule has 0 atom stereocenters. The fraction of sp³-hybridized carbons (Fsp3) is 0.118. The van der Waals surface area contributed by atoms with Crippen molar-refractivity contribution in [1.82, 2.24) is 5.43 Å². The number of rotatable bonds is 5. The Morgan fingerprint density at radius 3 is 2.40 bits per heavy atom. The number of hydrazone groups is 1. The van der Waals surface area contributed by atoms with Crippen molar-refractivity contribution in [2.45, 2.75) is 0 Å². The van der Waals surface area contributed by atoms with Crippen molar-refractivity contribution in [2.24, 2.45) is 5.10 Å². The van der Waals surface area contributed by atoms with Crippen LogP contribution in [0.4, 0.5) is 5.69 Å². The Morgan fingerprint density at radius 1 is 1.04 bits per heavy atom. The summed E-state index contributed by atoms with van der Waals surface area (Å²) >= 11 is 0. The number of anilines is 1. The molecule has 0 aromatic heterocycles. The Hall–Kier alpha value is -3.55. The van der Waals surface area contributed by atoms with Crippen molar-refractivity contribution < 1.29 is 24.2 Å². The van der Waals surface area contributed by atoms with Crippen LogP contribution in [0, 0.1) is 0 Å². The molecule has 0 saturated carbocycles. The largest absolute Gasteiger partial charge is 0.508 e. The number of amides is 2. The molecule has 8 heteroatoms. The minimum absolute atomic E-state index is 0.118. The highest BCUT2D eigenvalue weighted by Crippen LogP contribution is 2.28. The van der Waals surface area contributed by atoms with Gasteiger partial charge in [-0.05, 0) is 42.0 Å². The van der Waals surface area contributed by atoms with E-state index in [9.17, 15) is 14.7 Å². The van der Waals surface area contributed by atoms with Gasteiger partial charge in [0.1, 0.15) is 17.2 Å². The number of phenols is 1. The van der Waals surface area contributed by atoms with Crippen molar-refractivity contribution in [1.29, 1.82) is 0 Å². The van der Waals surface area contributed by atoms with Crippen LogP contribution in [-0.4, -0.2) is 37.4 Å². The molecule has 130 valence electrons. The van der Waals surface area contributed by atoms with Gasteiger partial charge in [0.2, 0.25) is 0 Å². The van der Waals surface area contributed by atoms with E-state index in [1.807, 2.05) is 0 Å². The molecule has 0 heterocycles. The molecule has 0 bridgehead atoms. The van der Waals surface area contributed by atoms with Gasteiger partial charge < -0.3 is 19.9 Å². The molecule has 2 rings (SSSR count). The van der Waals surface area contributed by atoms with Gasteiger partial charge in [-0.1, -0.05) is 0 Å². The van der Waals surface area contributed by atoms with Gasteiger partial charge >= 0.3 is 11.8 Å². The van der Waals surface area contributed by atoms with E-state index in [4.69, 9.17) is 9.47 Å². The van der Waals surface area contributed by atoms with Gasteiger partial charge in [-0.25, -0.2) is 5.43 Å². The van der Waals surface area contributed by atoms with Crippen LogP contribution in [0.2, 0.25) is 0 Å². The van der Waals surface area contributed by atoms with Crippen LogP contribution in [0.1, 0.15) is 5.56 Å². The summed E-state index contributed by atoms with van der Waals surface area (Å²) in [6.07, 6.45) is 1.34. The summed E-state index contributed by atoms with van der Waals surface area (Å²) in [5.41, 5.74) is 3.06. The number of carbonyl (C=O) groups is 2. The molecule has 0 spiro atoms. The molecule has 0 radical (unpaired) electrons. The van der Waals surface area contributed by atoms with E-state index in [2.05, 4.69) is 15.8 Å². The highest BCUT2D eigenvalue weighted by atomic mass is 16.5. The first kappa shape index (κ1) is 17.8. The number of phenolic OH excluding ortho intramolecular Hbond substituents is 1. The lowest BCUT2D eigenvalue weighted by Crippen LogP contribution is -2.32. The number of carbonyl (C=O) groups excluding carboxylic acids is 2. The van der Waals surface area contributed by atoms with Crippen molar-refractivity contribution in [3.8, 4) is 17.2 Å². The van der Waals surface area contributed by atoms with Crippen LogP contribution in [-0.2, 0) is 9.59 Å². The number of aromatic hydroxyl groups is 1. The number of ether oxygens (including phenoxy) is 2. The first-order valence-corrected chi connectivity index (χ1v) is 7.19. The van der Waals surface area contributed by atoms with E-state index in [1.54, 1.807) is 24.3 Å². The van der Waals surface area contributed by atoms with E-state index >= 15 is 0 Å². The molecule has 0 aliphatic rings. The van der Waals surface area contributed by atoms with Crippen LogP contribution in [0.15, 0.2) is 47.6 Å². The van der Waals surface area contributed by atoms with Gasteiger partial charge in [-0.15, -0.1) is 0 Å². The van der Waals surface area contributed by atoms with Crippen LogP contribution in [0.25, 0.3) is 0 Å². The SMILES string of the molecule is COc1ccc(OC)c(NC(=O)C(=O)N/N=C/c2ccc(O)cc2)c1. The van der Waals surface area contributed by atoms with Crippen molar-refractivity contribution in [3.05, 3.63) is 48.0 Å². The maximum atomic E-state index is 11.9. The van der Waals surface area contributed by atoms with E-state index in [0.717, 1.165) is 0 Å². The molecule has 3 N–H and O–H groups in total. The molecule has 8 nitrogen and oxygen atoms in total. The number of benzene rings is 2. The lowest BCUT2D eigenvalue weighted by molar-refractivity contribution is -0.136. The Balaban J connectivity index is 1.98. The third-order valence-corrected chi connectivity index (χ3v) is 3.13. The van der Waals surface area contributed by atoms with Crippen molar-refractivity contribution in [3.63, 3.8) is 0 Å². The maximum absolute atomic E-state index is 11.9. The molecular formula is C17H17N3O5. The zero-order valence-electron chi connectivity index (χ0n) is 13.6. The highest BCUT2D eigenvalue weighted by molar-refractivity contribution is 6.39. The number of hydrogen-bond donors (Lipinski definition) is 3. The summed E-state index contributed by atoms with van der Waals surface area (Å²) < 4.78 is 10.2. The van der Waals surface area contributed by atoms with Crippen LogP contribution in [0.5, 0.6) is 17.2 Å². The molecule has 0 unspecified atom stereocenters. The molecule has 2 aromatic rings. The Morgan fingerprint density at radius 2 is 1.76 bits per heavy atom. The maximum Gasteiger partial charge on any atom is 0.329 e. The van der Waals surface area contributed by atoms with Crippen molar-refractivity contribution >= 4 is 23.7 Å². The van der Waals surface area contributed by atoms with Gasteiger partial charge in [0, 0.05) is 6.07 Å². The Labute approximate surface area is 144 Å². The molecule has 0 aliphatic heterocycles. The van der Waals surface area contributed by atoms with E-state index in [-0.39, 0.29) is 5.75 Å².